The maximum atomic E-state index is 14.7. The molecule has 3 heterocycles. The number of carbonyl (C=O) groups excluding carboxylic acids is 1. The quantitative estimate of drug-likeness (QED) is 0.549. The van der Waals surface area contributed by atoms with Crippen LogP contribution in [-0.2, 0) is 6.18 Å². The first-order valence-corrected chi connectivity index (χ1v) is 8.99. The lowest BCUT2D eigenvalue weighted by Crippen LogP contribution is -2.42. The van der Waals surface area contributed by atoms with E-state index in [1.54, 1.807) is 32.2 Å². The molecule has 1 aliphatic heterocycles. The van der Waals surface area contributed by atoms with Crippen LogP contribution >= 0.6 is 0 Å². The molecule has 0 fully saturated rings. The van der Waals surface area contributed by atoms with Crippen molar-refractivity contribution in [2.45, 2.75) is 26.1 Å². The van der Waals surface area contributed by atoms with Crippen molar-refractivity contribution in [1.82, 2.24) is 9.55 Å². The molecule has 0 saturated heterocycles. The second kappa shape index (κ2) is 6.72. The number of amides is 1. The number of alkyl halides is 3. The zero-order chi connectivity index (χ0) is 20.9. The molecule has 4 nitrogen and oxygen atoms in total. The van der Waals surface area contributed by atoms with Crippen LogP contribution in [0.5, 0.6) is 0 Å². The topological polar surface area (TPSA) is 38.1 Å². The van der Waals surface area contributed by atoms with Crippen LogP contribution in [0.25, 0.3) is 11.1 Å². The number of benzene rings is 1. The van der Waals surface area contributed by atoms with Gasteiger partial charge in [-0.15, -0.1) is 0 Å². The second-order valence-corrected chi connectivity index (χ2v) is 7.09. The number of rotatable bonds is 2. The van der Waals surface area contributed by atoms with Gasteiger partial charge >= 0.3 is 6.18 Å². The van der Waals surface area contributed by atoms with E-state index in [0.717, 1.165) is 17.8 Å². The van der Waals surface area contributed by atoms with Crippen molar-refractivity contribution >= 4 is 11.6 Å². The molecule has 150 valence electrons. The summed E-state index contributed by atoms with van der Waals surface area (Å²) in [6.45, 7) is 3.70. The average molecular weight is 403 g/mol. The summed E-state index contributed by atoms with van der Waals surface area (Å²) in [6, 6.07) is 8.78. The fraction of sp³-hybridized carbons (Fsp3) is 0.238. The minimum absolute atomic E-state index is 0.150. The Kier molecular flexibility index (Phi) is 4.44. The molecule has 0 N–H and O–H groups in total. The Morgan fingerprint density at radius 1 is 1.10 bits per heavy atom. The van der Waals surface area contributed by atoms with Crippen molar-refractivity contribution in [1.29, 1.82) is 0 Å². The Morgan fingerprint density at radius 2 is 1.79 bits per heavy atom. The van der Waals surface area contributed by atoms with Gasteiger partial charge in [-0.25, -0.2) is 0 Å². The van der Waals surface area contributed by atoms with Gasteiger partial charge < -0.3 is 9.47 Å². The van der Waals surface area contributed by atoms with Crippen LogP contribution < -0.4 is 4.90 Å². The second-order valence-electron chi connectivity index (χ2n) is 7.09. The predicted molar refractivity (Wildman–Crippen MR) is 100 cm³/mol. The Labute approximate surface area is 164 Å². The van der Waals surface area contributed by atoms with Crippen molar-refractivity contribution in [3.8, 4) is 11.1 Å². The minimum atomic E-state index is -4.46. The fourth-order valence-corrected chi connectivity index (χ4v) is 3.69. The van der Waals surface area contributed by atoms with Crippen molar-refractivity contribution in [3.05, 3.63) is 71.6 Å². The smallest absolute Gasteiger partial charge is 0.308 e. The fourth-order valence-electron chi connectivity index (χ4n) is 3.69. The third-order valence-electron chi connectivity index (χ3n) is 5.04. The maximum absolute atomic E-state index is 14.7. The number of pyridine rings is 1. The summed E-state index contributed by atoms with van der Waals surface area (Å²) in [6.07, 6.45) is -2.88. The molecule has 0 radical (unpaired) electrons. The Balaban J connectivity index is 1.79. The zero-order valence-corrected chi connectivity index (χ0v) is 15.7. The highest BCUT2D eigenvalue weighted by molar-refractivity contribution is 6.10. The molecule has 1 amide bonds. The van der Waals surface area contributed by atoms with Crippen LogP contribution in [0.15, 0.2) is 48.7 Å². The predicted octanol–water partition coefficient (Wildman–Crippen LogP) is 5.24. The number of nitrogens with zero attached hydrogens (tertiary/aromatic N) is 3. The molecule has 2 aromatic heterocycles. The SMILES string of the molecule is Cc1cc(-c2cc(F)n3c2C(=O)N(c2ccc(C(F)(F)F)cc2)C[C@@H]3C)ccn1. The van der Waals surface area contributed by atoms with Crippen LogP contribution in [-0.4, -0.2) is 22.0 Å². The molecule has 0 unspecified atom stereocenters. The van der Waals surface area contributed by atoms with Gasteiger partial charge in [0, 0.05) is 35.8 Å². The summed E-state index contributed by atoms with van der Waals surface area (Å²) >= 11 is 0. The average Bonchev–Trinajstić information content (AvgIpc) is 3.02. The van der Waals surface area contributed by atoms with Gasteiger partial charge in [-0.1, -0.05) is 0 Å². The molecule has 3 aromatic rings. The van der Waals surface area contributed by atoms with Crippen LogP contribution in [0.4, 0.5) is 23.2 Å². The van der Waals surface area contributed by atoms with Gasteiger partial charge in [-0.3, -0.25) is 9.78 Å². The number of fused-ring (bicyclic) bond motifs is 1. The molecular formula is C21H17F4N3O. The molecule has 1 aliphatic rings. The van der Waals surface area contributed by atoms with E-state index < -0.39 is 23.6 Å². The van der Waals surface area contributed by atoms with Crippen LogP contribution in [0.2, 0.25) is 0 Å². The third kappa shape index (κ3) is 3.28. The van der Waals surface area contributed by atoms with E-state index in [2.05, 4.69) is 4.98 Å². The lowest BCUT2D eigenvalue weighted by atomic mass is 10.0. The maximum Gasteiger partial charge on any atom is 0.416 e. The van der Waals surface area contributed by atoms with Gasteiger partial charge in [0.1, 0.15) is 5.69 Å². The molecular weight excluding hydrogens is 386 g/mol. The molecule has 0 spiro atoms. The van der Waals surface area contributed by atoms with Gasteiger partial charge in [0.05, 0.1) is 11.6 Å². The highest BCUT2D eigenvalue weighted by Crippen LogP contribution is 2.36. The molecule has 0 bridgehead atoms. The van der Waals surface area contributed by atoms with Gasteiger partial charge in [0.15, 0.2) is 5.95 Å². The Hall–Kier alpha value is -3.16. The summed E-state index contributed by atoms with van der Waals surface area (Å²) < 4.78 is 54.5. The lowest BCUT2D eigenvalue weighted by molar-refractivity contribution is -0.137. The standard InChI is InChI=1S/C21H17F4N3O/c1-12-9-14(7-8-26-12)17-10-18(22)28-13(2)11-27(20(29)19(17)28)16-5-3-15(4-6-16)21(23,24)25/h3-10,13H,11H2,1-2H3/t13-/m0/s1. The van der Waals surface area contributed by atoms with Crippen LogP contribution in [0, 0.1) is 12.9 Å². The van der Waals surface area contributed by atoms with Crippen LogP contribution in [0.3, 0.4) is 0 Å². The van der Waals surface area contributed by atoms with E-state index in [9.17, 15) is 22.4 Å². The highest BCUT2D eigenvalue weighted by Gasteiger charge is 2.36. The number of anilines is 1. The van der Waals surface area contributed by atoms with Crippen molar-refractivity contribution in [2.75, 3.05) is 11.4 Å². The monoisotopic (exact) mass is 403 g/mol. The first kappa shape index (κ1) is 19.2. The largest absolute Gasteiger partial charge is 0.416 e. The Bertz CT molecular complexity index is 1090. The number of hydrogen-bond acceptors (Lipinski definition) is 2. The van der Waals surface area contributed by atoms with Gasteiger partial charge in [-0.05, 0) is 55.8 Å². The first-order chi connectivity index (χ1) is 13.7. The summed E-state index contributed by atoms with van der Waals surface area (Å²) in [7, 11) is 0. The van der Waals surface area contributed by atoms with E-state index in [4.69, 9.17) is 0 Å². The Morgan fingerprint density at radius 3 is 2.41 bits per heavy atom. The van der Waals surface area contributed by atoms with E-state index >= 15 is 0 Å². The minimum Gasteiger partial charge on any atom is -0.308 e. The molecule has 0 saturated carbocycles. The number of aryl methyl sites for hydroxylation is 1. The molecule has 0 aliphatic carbocycles. The molecule has 1 atom stereocenters. The van der Waals surface area contributed by atoms with Crippen molar-refractivity contribution in [3.63, 3.8) is 0 Å². The van der Waals surface area contributed by atoms with Crippen LogP contribution in [0.1, 0.15) is 34.7 Å². The molecule has 1 aromatic carbocycles. The number of aromatic nitrogens is 2. The number of halogens is 4. The normalized spacial score (nSPS) is 16.8. The molecule has 29 heavy (non-hydrogen) atoms. The lowest BCUT2D eigenvalue weighted by Gasteiger charge is -2.33. The third-order valence-corrected chi connectivity index (χ3v) is 5.04. The van der Waals surface area contributed by atoms with Gasteiger partial charge in [-0.2, -0.15) is 17.6 Å². The summed E-state index contributed by atoms with van der Waals surface area (Å²) in [5, 5.41) is 0. The summed E-state index contributed by atoms with van der Waals surface area (Å²) in [5.41, 5.74) is 1.52. The van der Waals surface area contributed by atoms with E-state index in [-0.39, 0.29) is 18.3 Å². The number of hydrogen-bond donors (Lipinski definition) is 0. The van der Waals surface area contributed by atoms with Gasteiger partial charge in [0.25, 0.3) is 5.91 Å². The van der Waals surface area contributed by atoms with Gasteiger partial charge in [0.2, 0.25) is 0 Å². The zero-order valence-electron chi connectivity index (χ0n) is 15.7. The molecule has 4 rings (SSSR count). The first-order valence-electron chi connectivity index (χ1n) is 8.99. The molecule has 8 heteroatoms. The van der Waals surface area contributed by atoms with Crippen molar-refractivity contribution < 1.29 is 22.4 Å². The number of carbonyl (C=O) groups is 1. The summed E-state index contributed by atoms with van der Waals surface area (Å²) in [5.74, 6) is -0.992. The van der Waals surface area contributed by atoms with E-state index in [0.29, 0.717) is 16.8 Å². The highest BCUT2D eigenvalue weighted by atomic mass is 19.4. The van der Waals surface area contributed by atoms with E-state index in [1.807, 2.05) is 0 Å². The summed E-state index contributed by atoms with van der Waals surface area (Å²) in [4.78, 5) is 18.7. The van der Waals surface area contributed by atoms with E-state index in [1.165, 1.54) is 27.7 Å². The van der Waals surface area contributed by atoms with Crippen molar-refractivity contribution in [2.24, 2.45) is 0 Å².